The topological polar surface area (TPSA) is 56.5 Å². The van der Waals surface area contributed by atoms with Crippen molar-refractivity contribution in [2.45, 2.75) is 46.0 Å². The average molecular weight is 339 g/mol. The van der Waals surface area contributed by atoms with E-state index in [0.717, 1.165) is 41.1 Å². The monoisotopic (exact) mass is 339 g/mol. The maximum absolute atomic E-state index is 12.0. The maximum Gasteiger partial charge on any atom is 0.358 e. The van der Waals surface area contributed by atoms with Gasteiger partial charge in [-0.1, -0.05) is 13.0 Å². The molecule has 0 saturated heterocycles. The number of hydrogen-bond acceptors (Lipinski definition) is 4. The Morgan fingerprint density at radius 3 is 2.84 bits per heavy atom. The summed E-state index contributed by atoms with van der Waals surface area (Å²) in [5.74, 6) is 2.15. The molecule has 2 aliphatic carbocycles. The van der Waals surface area contributed by atoms with Crippen LogP contribution in [-0.2, 0) is 11.2 Å². The van der Waals surface area contributed by atoms with Gasteiger partial charge in [-0.15, -0.1) is 0 Å². The molecule has 0 spiro atoms. The van der Waals surface area contributed by atoms with E-state index >= 15 is 0 Å². The number of esters is 1. The fraction of sp³-hybridized carbons (Fsp3) is 0.550. The van der Waals surface area contributed by atoms with Gasteiger partial charge in [-0.2, -0.15) is 5.10 Å². The summed E-state index contributed by atoms with van der Waals surface area (Å²) in [6.07, 6.45) is 6.55. The number of aromatic nitrogens is 3. The second kappa shape index (κ2) is 6.28. The SMILES string of the molecule is C=C(C)c1cc(CC2CC3CCC2C3)nc2cc(C(=O)OCC)nn12. The van der Waals surface area contributed by atoms with Crippen molar-refractivity contribution in [2.75, 3.05) is 6.61 Å². The molecule has 5 nitrogen and oxygen atoms in total. The van der Waals surface area contributed by atoms with Gasteiger partial charge in [0.1, 0.15) is 0 Å². The molecule has 4 rings (SSSR count). The third kappa shape index (κ3) is 2.96. The number of nitrogens with zero attached hydrogens (tertiary/aromatic N) is 3. The molecule has 3 atom stereocenters. The van der Waals surface area contributed by atoms with Gasteiger partial charge in [0.05, 0.1) is 12.3 Å². The fourth-order valence-corrected chi connectivity index (χ4v) is 4.63. The molecule has 3 unspecified atom stereocenters. The summed E-state index contributed by atoms with van der Waals surface area (Å²) in [6.45, 7) is 8.16. The fourth-order valence-electron chi connectivity index (χ4n) is 4.63. The Bertz CT molecular complexity index is 839. The molecule has 25 heavy (non-hydrogen) atoms. The van der Waals surface area contributed by atoms with E-state index in [1.54, 1.807) is 17.5 Å². The van der Waals surface area contributed by atoms with Crippen molar-refractivity contribution in [2.24, 2.45) is 17.8 Å². The highest BCUT2D eigenvalue weighted by atomic mass is 16.5. The van der Waals surface area contributed by atoms with E-state index in [-0.39, 0.29) is 0 Å². The predicted molar refractivity (Wildman–Crippen MR) is 96.3 cm³/mol. The zero-order valence-corrected chi connectivity index (χ0v) is 15.0. The van der Waals surface area contributed by atoms with Crippen LogP contribution in [0.1, 0.15) is 61.4 Å². The van der Waals surface area contributed by atoms with Crippen LogP contribution >= 0.6 is 0 Å². The lowest BCUT2D eigenvalue weighted by Crippen LogP contribution is -2.14. The molecule has 2 heterocycles. The Labute approximate surface area is 148 Å². The Balaban J connectivity index is 1.68. The molecule has 2 aromatic rings. The van der Waals surface area contributed by atoms with Gasteiger partial charge in [-0.05, 0) is 68.9 Å². The molecule has 2 bridgehead atoms. The second-order valence-corrected chi connectivity index (χ2v) is 7.57. The number of ether oxygens (including phenoxy) is 1. The highest BCUT2D eigenvalue weighted by Gasteiger charge is 2.39. The molecule has 0 aliphatic heterocycles. The van der Waals surface area contributed by atoms with E-state index in [4.69, 9.17) is 9.72 Å². The Kier molecular flexibility index (Phi) is 4.10. The minimum absolute atomic E-state index is 0.300. The van der Waals surface area contributed by atoms with Crippen LogP contribution in [0.25, 0.3) is 11.2 Å². The molecular weight excluding hydrogens is 314 g/mol. The van der Waals surface area contributed by atoms with Crippen LogP contribution in [0.4, 0.5) is 0 Å². The lowest BCUT2D eigenvalue weighted by Gasteiger charge is -2.21. The van der Waals surface area contributed by atoms with Crippen molar-refractivity contribution in [3.05, 3.63) is 35.8 Å². The van der Waals surface area contributed by atoms with Crippen molar-refractivity contribution in [1.82, 2.24) is 14.6 Å². The van der Waals surface area contributed by atoms with Gasteiger partial charge in [0, 0.05) is 11.8 Å². The average Bonchev–Trinajstić information content (AvgIpc) is 3.28. The van der Waals surface area contributed by atoms with Crippen LogP contribution < -0.4 is 0 Å². The van der Waals surface area contributed by atoms with Gasteiger partial charge in [0.25, 0.3) is 0 Å². The Morgan fingerprint density at radius 2 is 2.20 bits per heavy atom. The van der Waals surface area contributed by atoms with E-state index < -0.39 is 5.97 Å². The zero-order chi connectivity index (χ0) is 17.6. The normalized spacial score (nSPS) is 24.8. The number of fused-ring (bicyclic) bond motifs is 3. The Hall–Kier alpha value is -2.17. The molecule has 132 valence electrons. The summed E-state index contributed by atoms with van der Waals surface area (Å²) in [7, 11) is 0. The summed E-state index contributed by atoms with van der Waals surface area (Å²) in [4.78, 5) is 16.8. The molecule has 0 amide bonds. The molecular formula is C20H25N3O2. The lowest BCUT2D eigenvalue weighted by atomic mass is 9.85. The van der Waals surface area contributed by atoms with Crippen LogP contribution in [0.15, 0.2) is 18.7 Å². The van der Waals surface area contributed by atoms with E-state index in [1.165, 1.54) is 25.7 Å². The third-order valence-corrected chi connectivity index (χ3v) is 5.76. The zero-order valence-electron chi connectivity index (χ0n) is 15.0. The number of allylic oxidation sites excluding steroid dienone is 1. The number of hydrogen-bond donors (Lipinski definition) is 0. The first-order chi connectivity index (χ1) is 12.0. The molecule has 2 saturated carbocycles. The first-order valence-corrected chi connectivity index (χ1v) is 9.27. The molecule has 0 N–H and O–H groups in total. The van der Waals surface area contributed by atoms with Crippen molar-refractivity contribution in [3.63, 3.8) is 0 Å². The van der Waals surface area contributed by atoms with Gasteiger partial charge < -0.3 is 4.74 Å². The van der Waals surface area contributed by atoms with Crippen molar-refractivity contribution in [1.29, 1.82) is 0 Å². The highest BCUT2D eigenvalue weighted by Crippen LogP contribution is 2.49. The van der Waals surface area contributed by atoms with Crippen LogP contribution in [0.5, 0.6) is 0 Å². The number of rotatable bonds is 5. The molecule has 2 aliphatic rings. The highest BCUT2D eigenvalue weighted by molar-refractivity contribution is 5.88. The quantitative estimate of drug-likeness (QED) is 0.775. The largest absolute Gasteiger partial charge is 0.461 e. The molecule has 0 radical (unpaired) electrons. The first-order valence-electron chi connectivity index (χ1n) is 9.27. The van der Waals surface area contributed by atoms with Gasteiger partial charge >= 0.3 is 5.97 Å². The molecule has 5 heteroatoms. The molecule has 2 fully saturated rings. The lowest BCUT2D eigenvalue weighted by molar-refractivity contribution is 0.0519. The van der Waals surface area contributed by atoms with Crippen LogP contribution in [-0.4, -0.2) is 27.2 Å². The summed E-state index contributed by atoms with van der Waals surface area (Å²) in [5, 5.41) is 4.38. The summed E-state index contributed by atoms with van der Waals surface area (Å²) in [6, 6.07) is 3.80. The van der Waals surface area contributed by atoms with E-state index in [9.17, 15) is 4.79 Å². The molecule has 0 aromatic carbocycles. The van der Waals surface area contributed by atoms with Crippen LogP contribution in [0.3, 0.4) is 0 Å². The van der Waals surface area contributed by atoms with Gasteiger partial charge in [0.15, 0.2) is 11.3 Å². The smallest absolute Gasteiger partial charge is 0.358 e. The van der Waals surface area contributed by atoms with Gasteiger partial charge in [-0.25, -0.2) is 14.3 Å². The number of carbonyl (C=O) groups is 1. The number of carbonyl (C=O) groups excluding carboxylic acids is 1. The van der Waals surface area contributed by atoms with Crippen LogP contribution in [0.2, 0.25) is 0 Å². The standard InChI is InChI=1S/C20H25N3O2/c1-4-25-20(24)17-11-19-21-16(10-18(12(2)3)23(19)22-17)9-15-8-13-5-6-14(15)7-13/h10-11,13-15H,2,4-9H2,1,3H3. The summed E-state index contributed by atoms with van der Waals surface area (Å²) >= 11 is 0. The summed E-state index contributed by atoms with van der Waals surface area (Å²) < 4.78 is 6.77. The van der Waals surface area contributed by atoms with E-state index in [2.05, 4.69) is 17.7 Å². The second-order valence-electron chi connectivity index (χ2n) is 7.57. The summed E-state index contributed by atoms with van der Waals surface area (Å²) in [5.41, 5.74) is 3.91. The van der Waals surface area contributed by atoms with E-state index in [0.29, 0.717) is 17.9 Å². The van der Waals surface area contributed by atoms with E-state index in [1.807, 2.05) is 6.92 Å². The van der Waals surface area contributed by atoms with Gasteiger partial charge in [-0.3, -0.25) is 0 Å². The Morgan fingerprint density at radius 1 is 1.36 bits per heavy atom. The van der Waals surface area contributed by atoms with Crippen LogP contribution in [0, 0.1) is 17.8 Å². The van der Waals surface area contributed by atoms with Crippen molar-refractivity contribution >= 4 is 17.2 Å². The van der Waals surface area contributed by atoms with Crippen molar-refractivity contribution in [3.8, 4) is 0 Å². The third-order valence-electron chi connectivity index (χ3n) is 5.76. The minimum atomic E-state index is -0.407. The minimum Gasteiger partial charge on any atom is -0.461 e. The first kappa shape index (κ1) is 16.3. The maximum atomic E-state index is 12.0. The molecule has 2 aromatic heterocycles. The predicted octanol–water partition coefficient (Wildman–Crippen LogP) is 3.92. The van der Waals surface area contributed by atoms with Crippen molar-refractivity contribution < 1.29 is 9.53 Å². The van der Waals surface area contributed by atoms with Gasteiger partial charge in [0.2, 0.25) is 0 Å².